The van der Waals surface area contributed by atoms with Gasteiger partial charge in [0.25, 0.3) is 0 Å². The molecule has 0 aliphatic carbocycles. The van der Waals surface area contributed by atoms with Crippen LogP contribution in [0.2, 0.25) is 0 Å². The second-order valence-electron chi connectivity index (χ2n) is 3.72. The highest BCUT2D eigenvalue weighted by atomic mass is 32.1. The number of ether oxygens (including phenoxy) is 2. The topological polar surface area (TPSA) is 60.5 Å². The van der Waals surface area contributed by atoms with Gasteiger partial charge in [-0.05, 0) is 19.1 Å². The van der Waals surface area contributed by atoms with Crippen molar-refractivity contribution >= 4 is 28.0 Å². The maximum Gasteiger partial charge on any atom is 0.360 e. The SMILES string of the molecule is CCOC(=O)c1ncsc1Nc1ccc(F)c(OC)c1. The van der Waals surface area contributed by atoms with E-state index in [2.05, 4.69) is 10.3 Å². The molecule has 0 aliphatic heterocycles. The van der Waals surface area contributed by atoms with Crippen LogP contribution < -0.4 is 10.1 Å². The lowest BCUT2D eigenvalue weighted by Crippen LogP contribution is -2.07. The van der Waals surface area contributed by atoms with Gasteiger partial charge in [-0.1, -0.05) is 0 Å². The van der Waals surface area contributed by atoms with Gasteiger partial charge >= 0.3 is 5.97 Å². The lowest BCUT2D eigenvalue weighted by Gasteiger charge is -2.08. The Morgan fingerprint density at radius 1 is 1.50 bits per heavy atom. The molecule has 106 valence electrons. The summed E-state index contributed by atoms with van der Waals surface area (Å²) in [5, 5.41) is 3.54. The molecular formula is C13H13FN2O3S. The first-order valence-electron chi connectivity index (χ1n) is 5.87. The smallest absolute Gasteiger partial charge is 0.360 e. The highest BCUT2D eigenvalue weighted by Crippen LogP contribution is 2.28. The Kier molecular flexibility index (Phi) is 4.52. The summed E-state index contributed by atoms with van der Waals surface area (Å²) in [6.45, 7) is 2.00. The Morgan fingerprint density at radius 2 is 2.30 bits per heavy atom. The van der Waals surface area contributed by atoms with E-state index in [1.165, 1.54) is 36.1 Å². The van der Waals surface area contributed by atoms with E-state index in [0.29, 0.717) is 10.7 Å². The molecule has 0 saturated carbocycles. The summed E-state index contributed by atoms with van der Waals surface area (Å²) in [5.41, 5.74) is 2.34. The minimum Gasteiger partial charge on any atom is -0.494 e. The van der Waals surface area contributed by atoms with Crippen molar-refractivity contribution in [2.75, 3.05) is 19.0 Å². The van der Waals surface area contributed by atoms with Gasteiger partial charge < -0.3 is 14.8 Å². The summed E-state index contributed by atoms with van der Waals surface area (Å²) < 4.78 is 23.1. The molecule has 1 aromatic heterocycles. The zero-order chi connectivity index (χ0) is 14.5. The van der Waals surface area contributed by atoms with E-state index >= 15 is 0 Å². The number of benzene rings is 1. The molecule has 0 fully saturated rings. The molecule has 7 heteroatoms. The van der Waals surface area contributed by atoms with Crippen molar-refractivity contribution in [1.82, 2.24) is 4.98 Å². The number of anilines is 2. The molecule has 2 aromatic rings. The molecule has 0 unspecified atom stereocenters. The highest BCUT2D eigenvalue weighted by Gasteiger charge is 2.16. The van der Waals surface area contributed by atoms with Crippen LogP contribution in [0.5, 0.6) is 5.75 Å². The number of carbonyl (C=O) groups excluding carboxylic acids is 1. The van der Waals surface area contributed by atoms with Gasteiger partial charge in [0.2, 0.25) is 0 Å². The van der Waals surface area contributed by atoms with Crippen LogP contribution in [0.1, 0.15) is 17.4 Å². The van der Waals surface area contributed by atoms with Gasteiger partial charge in [-0.3, -0.25) is 0 Å². The molecule has 1 aromatic carbocycles. The van der Waals surface area contributed by atoms with E-state index < -0.39 is 11.8 Å². The van der Waals surface area contributed by atoms with E-state index in [4.69, 9.17) is 9.47 Å². The second-order valence-corrected chi connectivity index (χ2v) is 4.58. The van der Waals surface area contributed by atoms with Crippen LogP contribution in [0.15, 0.2) is 23.7 Å². The quantitative estimate of drug-likeness (QED) is 0.858. The van der Waals surface area contributed by atoms with Gasteiger partial charge in [-0.15, -0.1) is 11.3 Å². The Morgan fingerprint density at radius 3 is 3.00 bits per heavy atom. The molecule has 1 heterocycles. The number of methoxy groups -OCH3 is 1. The molecule has 0 atom stereocenters. The monoisotopic (exact) mass is 296 g/mol. The Hall–Kier alpha value is -2.15. The van der Waals surface area contributed by atoms with Crippen molar-refractivity contribution in [3.05, 3.63) is 35.2 Å². The van der Waals surface area contributed by atoms with E-state index in [9.17, 15) is 9.18 Å². The molecule has 0 spiro atoms. The first-order valence-corrected chi connectivity index (χ1v) is 6.74. The Bertz CT molecular complexity index is 615. The number of carbonyl (C=O) groups is 1. The molecule has 5 nitrogen and oxygen atoms in total. The van der Waals surface area contributed by atoms with Gasteiger partial charge in [0.05, 0.1) is 19.2 Å². The number of hydrogen-bond acceptors (Lipinski definition) is 6. The van der Waals surface area contributed by atoms with Gasteiger partial charge in [-0.2, -0.15) is 0 Å². The van der Waals surface area contributed by atoms with Gasteiger partial charge in [-0.25, -0.2) is 14.2 Å². The standard InChI is InChI=1S/C13H13FN2O3S/c1-3-19-13(17)11-12(20-7-15-11)16-8-4-5-9(14)10(6-8)18-2/h4-7,16H,3H2,1-2H3. The fraction of sp³-hybridized carbons (Fsp3) is 0.231. The van der Waals surface area contributed by atoms with Crippen molar-refractivity contribution in [3.63, 3.8) is 0 Å². The summed E-state index contributed by atoms with van der Waals surface area (Å²) in [4.78, 5) is 15.7. The average Bonchev–Trinajstić information content (AvgIpc) is 2.89. The first kappa shape index (κ1) is 14.3. The zero-order valence-corrected chi connectivity index (χ0v) is 11.8. The minimum absolute atomic E-state index is 0.122. The zero-order valence-electron chi connectivity index (χ0n) is 11.0. The van der Waals surface area contributed by atoms with Crippen LogP contribution in [0.25, 0.3) is 0 Å². The number of nitrogens with one attached hydrogen (secondary N) is 1. The predicted molar refractivity (Wildman–Crippen MR) is 74.3 cm³/mol. The number of rotatable bonds is 5. The van der Waals surface area contributed by atoms with Crippen LogP contribution >= 0.6 is 11.3 Å². The number of hydrogen-bond donors (Lipinski definition) is 1. The van der Waals surface area contributed by atoms with E-state index in [0.717, 1.165) is 0 Å². The predicted octanol–water partition coefficient (Wildman–Crippen LogP) is 3.21. The lowest BCUT2D eigenvalue weighted by atomic mass is 10.3. The molecule has 0 bridgehead atoms. The Balaban J connectivity index is 2.22. The van der Waals surface area contributed by atoms with Crippen LogP contribution in [0.4, 0.5) is 15.1 Å². The third-order valence-corrected chi connectivity index (χ3v) is 3.19. The van der Waals surface area contributed by atoms with Crippen molar-refractivity contribution in [1.29, 1.82) is 0 Å². The van der Waals surface area contributed by atoms with Gasteiger partial charge in [0, 0.05) is 11.8 Å². The lowest BCUT2D eigenvalue weighted by molar-refractivity contribution is 0.0521. The summed E-state index contributed by atoms with van der Waals surface area (Å²) in [7, 11) is 1.39. The molecule has 0 aliphatic rings. The molecule has 0 radical (unpaired) electrons. The van der Waals surface area contributed by atoms with E-state index in [-0.39, 0.29) is 18.1 Å². The molecular weight excluding hydrogens is 283 g/mol. The molecule has 0 saturated heterocycles. The molecule has 2 rings (SSSR count). The minimum atomic E-state index is -0.495. The summed E-state index contributed by atoms with van der Waals surface area (Å²) in [6.07, 6.45) is 0. The van der Waals surface area contributed by atoms with E-state index in [1.54, 1.807) is 13.0 Å². The number of esters is 1. The van der Waals surface area contributed by atoms with Crippen molar-refractivity contribution in [2.24, 2.45) is 0 Å². The van der Waals surface area contributed by atoms with Gasteiger partial charge in [0.1, 0.15) is 5.00 Å². The van der Waals surface area contributed by atoms with E-state index in [1.807, 2.05) is 0 Å². The number of thiazole rings is 1. The van der Waals surface area contributed by atoms with Crippen molar-refractivity contribution < 1.29 is 18.7 Å². The van der Waals surface area contributed by atoms with Crippen LogP contribution in [-0.2, 0) is 4.74 Å². The number of aromatic nitrogens is 1. The van der Waals surface area contributed by atoms with Gasteiger partial charge in [0.15, 0.2) is 17.3 Å². The summed E-state index contributed by atoms with van der Waals surface area (Å²) in [6, 6.07) is 4.34. The maximum absolute atomic E-state index is 13.3. The summed E-state index contributed by atoms with van der Waals surface area (Å²) >= 11 is 1.26. The first-order chi connectivity index (χ1) is 9.65. The Labute approximate surface area is 119 Å². The van der Waals surface area contributed by atoms with Crippen LogP contribution in [0.3, 0.4) is 0 Å². The second kappa shape index (κ2) is 6.33. The van der Waals surface area contributed by atoms with Crippen molar-refractivity contribution in [3.8, 4) is 5.75 Å². The molecule has 1 N–H and O–H groups in total. The maximum atomic E-state index is 13.3. The number of nitrogens with zero attached hydrogens (tertiary/aromatic N) is 1. The number of halogens is 1. The average molecular weight is 296 g/mol. The largest absolute Gasteiger partial charge is 0.494 e. The molecule has 20 heavy (non-hydrogen) atoms. The highest BCUT2D eigenvalue weighted by molar-refractivity contribution is 7.14. The third kappa shape index (κ3) is 3.05. The fourth-order valence-corrected chi connectivity index (χ4v) is 2.24. The fourth-order valence-electron chi connectivity index (χ4n) is 1.55. The third-order valence-electron chi connectivity index (χ3n) is 2.45. The van der Waals surface area contributed by atoms with Crippen LogP contribution in [-0.4, -0.2) is 24.7 Å². The van der Waals surface area contributed by atoms with Crippen LogP contribution in [0, 0.1) is 5.82 Å². The molecule has 0 amide bonds. The normalized spacial score (nSPS) is 10.2. The summed E-state index contributed by atoms with van der Waals surface area (Å²) in [5.74, 6) is -0.824. The van der Waals surface area contributed by atoms with Crippen molar-refractivity contribution in [2.45, 2.75) is 6.92 Å².